The second kappa shape index (κ2) is 6.97. The van der Waals surface area contributed by atoms with Crippen molar-refractivity contribution in [2.45, 2.75) is 77.0 Å². The molecular weight excluding hydrogens is 388 g/mol. The Labute approximate surface area is 182 Å². The topological polar surface area (TPSA) is 121 Å². The van der Waals surface area contributed by atoms with E-state index in [4.69, 9.17) is 8.85 Å². The van der Waals surface area contributed by atoms with Gasteiger partial charge in [-0.15, -0.1) is 0 Å². The van der Waals surface area contributed by atoms with Crippen molar-refractivity contribution in [2.75, 3.05) is 6.61 Å². The Kier molecular flexibility index (Phi) is 3.96. The minimum Gasteiger partial charge on any atom is -0.458 e. The summed E-state index contributed by atoms with van der Waals surface area (Å²) in [5, 5.41) is 34.3. The second-order valence-electron chi connectivity index (χ2n) is 9.55. The number of rotatable bonds is 3. The van der Waals surface area contributed by atoms with Crippen LogP contribution in [0.4, 0.5) is 0 Å². The molecule has 3 saturated carbocycles. The predicted octanol–water partition coefficient (Wildman–Crippen LogP) is 1.32. The number of ether oxygens (including phenoxy) is 1. The monoisotopic (exact) mass is 424 g/mol. The van der Waals surface area contributed by atoms with Crippen LogP contribution in [0.2, 0.25) is 0 Å². The molecule has 7 nitrogen and oxygen atoms in total. The highest BCUT2D eigenvalue weighted by Gasteiger charge is 2.69. The molecular formula is C23H32O7. The average molecular weight is 425 g/mol. The van der Waals surface area contributed by atoms with E-state index in [-0.39, 0.29) is 43.5 Å². The first-order valence-electron chi connectivity index (χ1n) is 12.5. The predicted molar refractivity (Wildman–Crippen MR) is 106 cm³/mol. The molecule has 0 spiro atoms. The maximum absolute atomic E-state index is 13.1. The molecule has 30 heavy (non-hydrogen) atoms. The minimum atomic E-state index is -3.12. The lowest BCUT2D eigenvalue weighted by atomic mass is 9.45. The molecule has 4 rings (SSSR count). The molecule has 4 aliphatic rings. The number of esters is 1. The third-order valence-electron chi connectivity index (χ3n) is 8.03. The standard InChI is InChI=1S/C23H32O7/c1-12(24)30-11-19(28)23(29)7-5-15-14-9-17(26)16-8-13(25)4-6-21(16,2)20(14)18(27)10-22(15,23)3/h8,14-15,17-18,20,26-27,29H,4-7,9-11H2,1-3H3/t14-,15-,17+,18-,20+,21-,22-,23-/m0/s1/i10D2,18D,20D. The first-order chi connectivity index (χ1) is 15.4. The lowest BCUT2D eigenvalue weighted by Gasteiger charge is -2.61. The average Bonchev–Trinajstić information content (AvgIpc) is 3.02. The molecule has 3 fully saturated rings. The van der Waals surface area contributed by atoms with Gasteiger partial charge in [-0.3, -0.25) is 14.4 Å². The summed E-state index contributed by atoms with van der Waals surface area (Å²) in [6.07, 6.45) is -6.09. The van der Waals surface area contributed by atoms with Crippen LogP contribution in [-0.2, 0) is 19.1 Å². The summed E-state index contributed by atoms with van der Waals surface area (Å²) in [6, 6.07) is 0. The third-order valence-corrected chi connectivity index (χ3v) is 8.03. The van der Waals surface area contributed by atoms with Crippen molar-refractivity contribution in [1.29, 1.82) is 0 Å². The summed E-state index contributed by atoms with van der Waals surface area (Å²) in [5.74, 6) is -5.90. The third kappa shape index (κ3) is 2.85. The number of fused-ring (bicyclic) bond motifs is 5. The number of carbonyl (C=O) groups is 3. The summed E-state index contributed by atoms with van der Waals surface area (Å²) in [5.41, 5.74) is -5.53. The van der Waals surface area contributed by atoms with E-state index in [2.05, 4.69) is 0 Å². The van der Waals surface area contributed by atoms with E-state index in [1.807, 2.05) is 0 Å². The Bertz CT molecular complexity index is 996. The molecule has 0 aromatic heterocycles. The van der Waals surface area contributed by atoms with E-state index in [9.17, 15) is 31.1 Å². The summed E-state index contributed by atoms with van der Waals surface area (Å²) in [6.45, 7) is 3.20. The van der Waals surface area contributed by atoms with Gasteiger partial charge in [0.15, 0.2) is 12.4 Å². The van der Waals surface area contributed by atoms with Gasteiger partial charge in [0.25, 0.3) is 0 Å². The normalized spacial score (nSPS) is 56.1. The zero-order valence-electron chi connectivity index (χ0n) is 21.5. The molecule has 0 aromatic rings. The number of aliphatic hydroxyl groups excluding tert-OH is 1. The van der Waals surface area contributed by atoms with Crippen LogP contribution in [0.15, 0.2) is 11.6 Å². The number of hydrogen-bond acceptors (Lipinski definition) is 7. The molecule has 0 aromatic carbocycles. The number of aliphatic hydroxyl groups is 3. The lowest BCUT2D eigenvalue weighted by Crippen LogP contribution is -2.63. The molecule has 0 bridgehead atoms. The van der Waals surface area contributed by atoms with Gasteiger partial charge in [0, 0.05) is 22.9 Å². The van der Waals surface area contributed by atoms with Crippen molar-refractivity contribution >= 4 is 17.5 Å². The van der Waals surface area contributed by atoms with Crippen LogP contribution in [0.1, 0.15) is 64.7 Å². The van der Waals surface area contributed by atoms with Gasteiger partial charge in [0.05, 0.1) is 13.6 Å². The second-order valence-corrected chi connectivity index (χ2v) is 9.55. The zero-order valence-corrected chi connectivity index (χ0v) is 17.5. The first-order valence-corrected chi connectivity index (χ1v) is 10.5. The van der Waals surface area contributed by atoms with Gasteiger partial charge in [0.2, 0.25) is 5.78 Å². The van der Waals surface area contributed by atoms with Crippen molar-refractivity contribution in [3.05, 3.63) is 11.6 Å². The number of Topliss-reactive ketones (excluding diaryl/α,β-unsaturated/α-hetero) is 1. The van der Waals surface area contributed by atoms with Gasteiger partial charge in [-0.25, -0.2) is 0 Å². The van der Waals surface area contributed by atoms with Gasteiger partial charge in [-0.05, 0) is 66.9 Å². The highest BCUT2D eigenvalue weighted by molar-refractivity contribution is 5.92. The van der Waals surface area contributed by atoms with Crippen molar-refractivity contribution < 1.29 is 39.9 Å². The van der Waals surface area contributed by atoms with E-state index >= 15 is 0 Å². The summed E-state index contributed by atoms with van der Waals surface area (Å²) in [7, 11) is 0. The van der Waals surface area contributed by atoms with Crippen molar-refractivity contribution in [1.82, 2.24) is 0 Å². The Hall–Kier alpha value is -1.57. The lowest BCUT2D eigenvalue weighted by molar-refractivity contribution is -0.188. The molecule has 8 atom stereocenters. The number of ketones is 2. The van der Waals surface area contributed by atoms with Crippen molar-refractivity contribution in [2.24, 2.45) is 28.6 Å². The van der Waals surface area contributed by atoms with E-state index in [1.54, 1.807) is 6.92 Å². The van der Waals surface area contributed by atoms with Gasteiger partial charge in [-0.1, -0.05) is 13.8 Å². The van der Waals surface area contributed by atoms with Crippen LogP contribution in [0.5, 0.6) is 0 Å². The van der Waals surface area contributed by atoms with Crippen LogP contribution < -0.4 is 0 Å². The van der Waals surface area contributed by atoms with Crippen molar-refractivity contribution in [3.63, 3.8) is 0 Å². The molecule has 0 saturated heterocycles. The Morgan fingerprint density at radius 2 is 2.03 bits per heavy atom. The zero-order chi connectivity index (χ0) is 25.7. The maximum Gasteiger partial charge on any atom is 0.303 e. The summed E-state index contributed by atoms with van der Waals surface area (Å²) < 4.78 is 41.3. The smallest absolute Gasteiger partial charge is 0.303 e. The minimum absolute atomic E-state index is 0.0336. The van der Waals surface area contributed by atoms with E-state index < -0.39 is 71.1 Å². The molecule has 0 unspecified atom stereocenters. The molecule has 3 N–H and O–H groups in total. The molecule has 4 aliphatic carbocycles. The van der Waals surface area contributed by atoms with Crippen LogP contribution in [0.25, 0.3) is 0 Å². The maximum atomic E-state index is 13.1. The fraction of sp³-hybridized carbons (Fsp3) is 0.783. The molecule has 0 heterocycles. The van der Waals surface area contributed by atoms with E-state index in [0.717, 1.165) is 6.92 Å². The first kappa shape index (κ1) is 17.0. The molecule has 0 radical (unpaired) electrons. The van der Waals surface area contributed by atoms with Crippen LogP contribution in [-0.4, -0.2) is 57.2 Å². The highest BCUT2D eigenvalue weighted by Crippen LogP contribution is 2.67. The van der Waals surface area contributed by atoms with Crippen LogP contribution in [0.3, 0.4) is 0 Å². The van der Waals surface area contributed by atoms with Crippen molar-refractivity contribution in [3.8, 4) is 0 Å². The highest BCUT2D eigenvalue weighted by atomic mass is 16.5. The summed E-state index contributed by atoms with van der Waals surface area (Å²) in [4.78, 5) is 36.4. The number of carbonyl (C=O) groups excluding carboxylic acids is 3. The molecule has 0 amide bonds. The molecule has 166 valence electrons. The van der Waals surface area contributed by atoms with Gasteiger partial charge in [0.1, 0.15) is 5.60 Å². The molecule has 7 heteroatoms. The Balaban J connectivity index is 1.91. The number of hydrogen-bond donors (Lipinski definition) is 3. The fourth-order valence-electron chi connectivity index (χ4n) is 6.42. The summed E-state index contributed by atoms with van der Waals surface area (Å²) >= 11 is 0. The van der Waals surface area contributed by atoms with Gasteiger partial charge >= 0.3 is 5.97 Å². The fourth-order valence-corrected chi connectivity index (χ4v) is 6.42. The SMILES string of the molecule is [2H]C1([2H])[C@]([2H])(O)[C@@]2([2H])[C@@H](C[C@@H](O)C3=CC(=O)CC[C@@]32C)[C@@H]2CC[C@](O)(C(=O)COC(C)=O)[C@]21C. The van der Waals surface area contributed by atoms with E-state index in [0.29, 0.717) is 0 Å². The van der Waals surface area contributed by atoms with Gasteiger partial charge < -0.3 is 20.1 Å². The van der Waals surface area contributed by atoms with Gasteiger partial charge in [-0.2, -0.15) is 0 Å². The molecule has 0 aliphatic heterocycles. The Morgan fingerprint density at radius 3 is 2.70 bits per heavy atom. The Morgan fingerprint density at radius 1 is 1.33 bits per heavy atom. The largest absolute Gasteiger partial charge is 0.458 e. The van der Waals surface area contributed by atoms with Crippen LogP contribution in [0, 0.1) is 28.6 Å². The van der Waals surface area contributed by atoms with E-state index in [1.165, 1.54) is 13.0 Å². The van der Waals surface area contributed by atoms with Crippen LogP contribution >= 0.6 is 0 Å². The quantitative estimate of drug-likeness (QED) is 0.584.